The molecule has 2 aromatic rings. The van der Waals surface area contributed by atoms with Crippen molar-refractivity contribution in [2.75, 3.05) is 20.1 Å². The van der Waals surface area contributed by atoms with E-state index in [1.807, 2.05) is 6.92 Å². The number of piperidine rings is 1. The zero-order valence-corrected chi connectivity index (χ0v) is 13.1. The molecule has 0 radical (unpaired) electrons. The van der Waals surface area contributed by atoms with E-state index >= 15 is 0 Å². The lowest BCUT2D eigenvalue weighted by Gasteiger charge is -2.32. The lowest BCUT2D eigenvalue weighted by molar-refractivity contribution is 0.181. The Bertz CT molecular complexity index is 608. The number of benzene rings is 1. The summed E-state index contributed by atoms with van der Waals surface area (Å²) >= 11 is 0. The van der Waals surface area contributed by atoms with Gasteiger partial charge < -0.3 is 10.2 Å². The quantitative estimate of drug-likeness (QED) is 0.934. The minimum absolute atomic E-state index is 0.698. The van der Waals surface area contributed by atoms with Crippen LogP contribution in [0, 0.1) is 6.92 Å². The van der Waals surface area contributed by atoms with Gasteiger partial charge in [-0.1, -0.05) is 18.6 Å². The predicted molar refractivity (Wildman–Crippen MR) is 88.5 cm³/mol. The maximum absolute atomic E-state index is 4.55. The monoisotopic (exact) mass is 283 g/mol. The largest absolute Gasteiger partial charge is 0.311 e. The van der Waals surface area contributed by atoms with Crippen molar-refractivity contribution in [1.29, 1.82) is 0 Å². The third-order valence-corrected chi connectivity index (χ3v) is 4.52. The van der Waals surface area contributed by atoms with Gasteiger partial charge in [0.15, 0.2) is 0 Å². The molecule has 1 fully saturated rings. The maximum atomic E-state index is 4.55. The molecule has 3 heteroatoms. The Labute approximate surface area is 127 Å². The smallest absolute Gasteiger partial charge is 0.0705 e. The number of hydrogen-bond acceptors (Lipinski definition) is 3. The molecule has 0 aliphatic carbocycles. The van der Waals surface area contributed by atoms with Gasteiger partial charge in [-0.2, -0.15) is 0 Å². The summed E-state index contributed by atoms with van der Waals surface area (Å²) in [4.78, 5) is 7.04. The van der Waals surface area contributed by atoms with E-state index in [1.165, 1.54) is 36.8 Å². The van der Waals surface area contributed by atoms with Crippen LogP contribution < -0.4 is 5.32 Å². The first-order chi connectivity index (χ1) is 10.2. The minimum Gasteiger partial charge on any atom is -0.311 e. The van der Waals surface area contributed by atoms with Crippen molar-refractivity contribution in [2.24, 2.45) is 0 Å². The van der Waals surface area contributed by atoms with Gasteiger partial charge in [-0.05, 0) is 57.1 Å². The van der Waals surface area contributed by atoms with Gasteiger partial charge in [0.1, 0.15) is 0 Å². The van der Waals surface area contributed by atoms with Crippen molar-refractivity contribution >= 4 is 10.9 Å². The Morgan fingerprint density at radius 1 is 1.24 bits per heavy atom. The van der Waals surface area contributed by atoms with Crippen molar-refractivity contribution in [1.82, 2.24) is 15.2 Å². The fraction of sp³-hybridized carbons (Fsp3) is 0.500. The van der Waals surface area contributed by atoms with E-state index in [-0.39, 0.29) is 0 Å². The van der Waals surface area contributed by atoms with E-state index in [9.17, 15) is 0 Å². The second-order valence-corrected chi connectivity index (χ2v) is 6.24. The molecule has 0 amide bonds. The van der Waals surface area contributed by atoms with Gasteiger partial charge in [0, 0.05) is 30.2 Å². The van der Waals surface area contributed by atoms with Crippen LogP contribution in [0.3, 0.4) is 0 Å². The van der Waals surface area contributed by atoms with Crippen molar-refractivity contribution < 1.29 is 0 Å². The second-order valence-electron chi connectivity index (χ2n) is 6.24. The standard InChI is InChI=1S/C18H25N3/c1-14-6-8-16-11-15(7-9-18(16)20-14)12-19-13-17-5-3-4-10-21(17)2/h6-9,11,17,19H,3-5,10,12-13H2,1-2H3. The van der Waals surface area contributed by atoms with Crippen LogP contribution in [0.1, 0.15) is 30.5 Å². The molecule has 0 bridgehead atoms. The summed E-state index contributed by atoms with van der Waals surface area (Å²) < 4.78 is 0. The van der Waals surface area contributed by atoms with Gasteiger partial charge in [-0.3, -0.25) is 4.98 Å². The molecular formula is C18H25N3. The average molecular weight is 283 g/mol. The number of rotatable bonds is 4. The summed E-state index contributed by atoms with van der Waals surface area (Å²) in [5.41, 5.74) is 3.51. The molecule has 2 heterocycles. The highest BCUT2D eigenvalue weighted by atomic mass is 15.2. The molecule has 112 valence electrons. The van der Waals surface area contributed by atoms with Crippen molar-refractivity contribution in [3.8, 4) is 0 Å². The molecule has 0 saturated carbocycles. The van der Waals surface area contributed by atoms with Gasteiger partial charge in [0.05, 0.1) is 5.52 Å². The van der Waals surface area contributed by atoms with Gasteiger partial charge in [-0.25, -0.2) is 0 Å². The number of nitrogens with zero attached hydrogens (tertiary/aromatic N) is 2. The predicted octanol–water partition coefficient (Wildman–Crippen LogP) is 3.12. The number of hydrogen-bond donors (Lipinski definition) is 1. The number of aromatic nitrogens is 1. The summed E-state index contributed by atoms with van der Waals surface area (Å²) in [6.45, 7) is 5.30. The second kappa shape index (κ2) is 6.54. The third kappa shape index (κ3) is 3.60. The van der Waals surface area contributed by atoms with E-state index < -0.39 is 0 Å². The first-order valence-electron chi connectivity index (χ1n) is 7.99. The highest BCUT2D eigenvalue weighted by molar-refractivity contribution is 5.79. The van der Waals surface area contributed by atoms with Gasteiger partial charge in [0.25, 0.3) is 0 Å². The number of likely N-dealkylation sites (N-methyl/N-ethyl adjacent to an activating group) is 1. The number of likely N-dealkylation sites (tertiary alicyclic amines) is 1. The van der Waals surface area contributed by atoms with Crippen LogP contribution in [0.25, 0.3) is 10.9 Å². The van der Waals surface area contributed by atoms with Gasteiger partial charge in [-0.15, -0.1) is 0 Å². The maximum Gasteiger partial charge on any atom is 0.0705 e. The zero-order valence-electron chi connectivity index (χ0n) is 13.1. The highest BCUT2D eigenvalue weighted by Gasteiger charge is 2.17. The molecular weight excluding hydrogens is 258 g/mol. The van der Waals surface area contributed by atoms with Crippen LogP contribution in [0.15, 0.2) is 30.3 Å². The Balaban J connectivity index is 1.59. The van der Waals surface area contributed by atoms with Gasteiger partial charge >= 0.3 is 0 Å². The topological polar surface area (TPSA) is 28.2 Å². The van der Waals surface area contributed by atoms with E-state index in [0.717, 1.165) is 24.3 Å². The van der Waals surface area contributed by atoms with Crippen molar-refractivity contribution in [2.45, 2.75) is 38.8 Å². The first-order valence-corrected chi connectivity index (χ1v) is 7.99. The fourth-order valence-corrected chi connectivity index (χ4v) is 3.17. The molecule has 1 atom stereocenters. The van der Waals surface area contributed by atoms with Crippen LogP contribution in [0.2, 0.25) is 0 Å². The average Bonchev–Trinajstić information content (AvgIpc) is 2.49. The number of aryl methyl sites for hydroxylation is 1. The molecule has 1 saturated heterocycles. The van der Waals surface area contributed by atoms with E-state index in [2.05, 4.69) is 52.6 Å². The minimum atomic E-state index is 0.698. The molecule has 1 unspecified atom stereocenters. The first kappa shape index (κ1) is 14.5. The zero-order chi connectivity index (χ0) is 14.7. The van der Waals surface area contributed by atoms with Crippen LogP contribution in [-0.4, -0.2) is 36.1 Å². The van der Waals surface area contributed by atoms with E-state index in [0.29, 0.717) is 6.04 Å². The van der Waals surface area contributed by atoms with Crippen LogP contribution in [0.5, 0.6) is 0 Å². The normalized spacial score (nSPS) is 20.0. The molecule has 1 aromatic heterocycles. The summed E-state index contributed by atoms with van der Waals surface area (Å²) in [6.07, 6.45) is 4.05. The van der Waals surface area contributed by atoms with E-state index in [1.54, 1.807) is 0 Å². The van der Waals surface area contributed by atoms with Gasteiger partial charge in [0.2, 0.25) is 0 Å². The van der Waals surface area contributed by atoms with Crippen LogP contribution in [-0.2, 0) is 6.54 Å². The third-order valence-electron chi connectivity index (χ3n) is 4.52. The molecule has 1 aromatic carbocycles. The summed E-state index contributed by atoms with van der Waals surface area (Å²) in [5.74, 6) is 0. The Morgan fingerprint density at radius 3 is 3.00 bits per heavy atom. The summed E-state index contributed by atoms with van der Waals surface area (Å²) in [6, 6.07) is 11.5. The van der Waals surface area contributed by atoms with Crippen molar-refractivity contribution in [3.63, 3.8) is 0 Å². The molecule has 1 aliphatic rings. The lowest BCUT2D eigenvalue weighted by Crippen LogP contribution is -2.42. The Hall–Kier alpha value is -1.45. The Morgan fingerprint density at radius 2 is 2.14 bits per heavy atom. The lowest BCUT2D eigenvalue weighted by atomic mass is 10.0. The molecule has 1 N–H and O–H groups in total. The molecule has 1 aliphatic heterocycles. The number of fused-ring (bicyclic) bond motifs is 1. The Kier molecular flexibility index (Phi) is 4.51. The van der Waals surface area contributed by atoms with Crippen molar-refractivity contribution in [3.05, 3.63) is 41.6 Å². The molecule has 0 spiro atoms. The SMILES string of the molecule is Cc1ccc2cc(CNCC3CCCCN3C)ccc2n1. The molecule has 21 heavy (non-hydrogen) atoms. The van der Waals surface area contributed by atoms with E-state index in [4.69, 9.17) is 0 Å². The fourth-order valence-electron chi connectivity index (χ4n) is 3.17. The molecule has 3 rings (SSSR count). The molecule has 3 nitrogen and oxygen atoms in total. The van der Waals surface area contributed by atoms with Crippen LogP contribution >= 0.6 is 0 Å². The van der Waals surface area contributed by atoms with Crippen LogP contribution in [0.4, 0.5) is 0 Å². The number of nitrogens with one attached hydrogen (secondary N) is 1. The highest BCUT2D eigenvalue weighted by Crippen LogP contribution is 2.16. The summed E-state index contributed by atoms with van der Waals surface area (Å²) in [5, 5.41) is 4.85. The number of pyridine rings is 1. The summed E-state index contributed by atoms with van der Waals surface area (Å²) in [7, 11) is 2.25.